The first kappa shape index (κ1) is 10.2. The molecule has 0 aliphatic rings. The molecule has 0 aromatic heterocycles. The highest BCUT2D eigenvalue weighted by molar-refractivity contribution is 6.42. The third kappa shape index (κ3) is 2.26. The predicted molar refractivity (Wildman–Crippen MR) is 49.5 cm³/mol. The molecule has 3 nitrogen and oxygen atoms in total. The standard InChI is InChI=1S/C8H6Cl2O3/c9-5-1-2-6(11)4(8(5)10)3-7(12)13/h1-2,11H,3H2,(H,12,13). The van der Waals surface area contributed by atoms with Gasteiger partial charge in [0.15, 0.2) is 0 Å². The Morgan fingerprint density at radius 1 is 1.38 bits per heavy atom. The SMILES string of the molecule is O=C(O)Cc1c(O)ccc(Cl)c1Cl. The van der Waals surface area contributed by atoms with Crippen LogP contribution in [-0.2, 0) is 11.2 Å². The van der Waals surface area contributed by atoms with Gasteiger partial charge in [-0.2, -0.15) is 0 Å². The second-order valence-electron chi connectivity index (χ2n) is 2.43. The van der Waals surface area contributed by atoms with E-state index in [-0.39, 0.29) is 27.8 Å². The molecular weight excluding hydrogens is 215 g/mol. The minimum Gasteiger partial charge on any atom is -0.508 e. The van der Waals surface area contributed by atoms with Crippen LogP contribution in [0.3, 0.4) is 0 Å². The summed E-state index contributed by atoms with van der Waals surface area (Å²) in [5, 5.41) is 18.1. The van der Waals surface area contributed by atoms with Crippen LogP contribution < -0.4 is 0 Å². The van der Waals surface area contributed by atoms with Gasteiger partial charge in [-0.05, 0) is 12.1 Å². The molecule has 0 spiro atoms. The molecule has 0 atom stereocenters. The second kappa shape index (κ2) is 3.85. The summed E-state index contributed by atoms with van der Waals surface area (Å²) in [6, 6.07) is 2.72. The Hall–Kier alpha value is -0.930. The van der Waals surface area contributed by atoms with E-state index in [4.69, 9.17) is 28.3 Å². The number of phenols is 1. The van der Waals surface area contributed by atoms with Crippen LogP contribution in [0.5, 0.6) is 5.75 Å². The van der Waals surface area contributed by atoms with E-state index in [1.165, 1.54) is 12.1 Å². The summed E-state index contributed by atoms with van der Waals surface area (Å²) in [6.07, 6.45) is -0.342. The number of halogens is 2. The van der Waals surface area contributed by atoms with Crippen LogP contribution in [0, 0.1) is 0 Å². The number of phenolic OH excluding ortho intramolecular Hbond substituents is 1. The van der Waals surface area contributed by atoms with Crippen LogP contribution in [0.2, 0.25) is 10.0 Å². The van der Waals surface area contributed by atoms with Crippen LogP contribution >= 0.6 is 23.2 Å². The van der Waals surface area contributed by atoms with Gasteiger partial charge < -0.3 is 10.2 Å². The third-order valence-corrected chi connectivity index (χ3v) is 2.34. The minimum absolute atomic E-state index is 0.0871. The number of aliphatic carboxylic acids is 1. The number of hydrogen-bond acceptors (Lipinski definition) is 2. The third-order valence-electron chi connectivity index (χ3n) is 1.50. The van der Waals surface area contributed by atoms with Gasteiger partial charge in [0, 0.05) is 5.56 Å². The van der Waals surface area contributed by atoms with Crippen molar-refractivity contribution in [1.82, 2.24) is 0 Å². The zero-order chi connectivity index (χ0) is 10.0. The Kier molecular flexibility index (Phi) is 3.01. The van der Waals surface area contributed by atoms with E-state index in [0.717, 1.165) is 0 Å². The highest BCUT2D eigenvalue weighted by atomic mass is 35.5. The van der Waals surface area contributed by atoms with Crippen molar-refractivity contribution in [3.05, 3.63) is 27.7 Å². The monoisotopic (exact) mass is 220 g/mol. The van der Waals surface area contributed by atoms with E-state index in [1.54, 1.807) is 0 Å². The first-order valence-corrected chi connectivity index (χ1v) is 4.15. The number of rotatable bonds is 2. The van der Waals surface area contributed by atoms with Crippen molar-refractivity contribution in [3.63, 3.8) is 0 Å². The zero-order valence-electron chi connectivity index (χ0n) is 6.42. The smallest absolute Gasteiger partial charge is 0.308 e. The van der Waals surface area contributed by atoms with Crippen LogP contribution in [-0.4, -0.2) is 16.2 Å². The molecule has 0 aliphatic heterocycles. The van der Waals surface area contributed by atoms with Crippen LogP contribution in [0.1, 0.15) is 5.56 Å². The molecule has 0 saturated carbocycles. The highest BCUT2D eigenvalue weighted by Crippen LogP contribution is 2.32. The molecule has 1 rings (SSSR count). The topological polar surface area (TPSA) is 57.5 Å². The lowest BCUT2D eigenvalue weighted by Gasteiger charge is -2.05. The van der Waals surface area contributed by atoms with E-state index >= 15 is 0 Å². The van der Waals surface area contributed by atoms with Gasteiger partial charge >= 0.3 is 5.97 Å². The Morgan fingerprint density at radius 3 is 2.54 bits per heavy atom. The van der Waals surface area contributed by atoms with E-state index in [9.17, 15) is 9.90 Å². The fraction of sp³-hybridized carbons (Fsp3) is 0.125. The molecule has 0 fully saturated rings. The zero-order valence-corrected chi connectivity index (χ0v) is 7.93. The van der Waals surface area contributed by atoms with Gasteiger partial charge in [-0.3, -0.25) is 4.79 Å². The Balaban J connectivity index is 3.17. The van der Waals surface area contributed by atoms with Crippen molar-refractivity contribution in [1.29, 1.82) is 0 Å². The summed E-state index contributed by atoms with van der Waals surface area (Å²) in [5.74, 6) is -1.23. The van der Waals surface area contributed by atoms with E-state index in [2.05, 4.69) is 0 Å². The predicted octanol–water partition coefficient (Wildman–Crippen LogP) is 2.33. The maximum absolute atomic E-state index is 10.4. The van der Waals surface area contributed by atoms with Crippen molar-refractivity contribution in [2.45, 2.75) is 6.42 Å². The fourth-order valence-corrected chi connectivity index (χ4v) is 1.31. The number of carboxylic acids is 1. The Labute approximate surface area is 84.5 Å². The molecule has 0 radical (unpaired) electrons. The fourth-order valence-electron chi connectivity index (χ4n) is 0.902. The van der Waals surface area contributed by atoms with Gasteiger partial charge in [0.1, 0.15) is 5.75 Å². The Bertz CT molecular complexity index is 349. The normalized spacial score (nSPS) is 10.0. The maximum Gasteiger partial charge on any atom is 0.308 e. The molecule has 70 valence electrons. The molecule has 0 saturated heterocycles. The van der Waals surface area contributed by atoms with E-state index in [0.29, 0.717) is 0 Å². The van der Waals surface area contributed by atoms with Crippen molar-refractivity contribution in [2.24, 2.45) is 0 Å². The van der Waals surface area contributed by atoms with Gasteiger partial charge in [-0.1, -0.05) is 23.2 Å². The lowest BCUT2D eigenvalue weighted by atomic mass is 10.1. The number of carbonyl (C=O) groups is 1. The second-order valence-corrected chi connectivity index (χ2v) is 3.21. The molecule has 5 heteroatoms. The summed E-state index contributed by atoms with van der Waals surface area (Å²) in [4.78, 5) is 10.4. The molecule has 1 aromatic rings. The largest absolute Gasteiger partial charge is 0.508 e. The van der Waals surface area contributed by atoms with Crippen molar-refractivity contribution < 1.29 is 15.0 Å². The summed E-state index contributed by atoms with van der Waals surface area (Å²) in [5.41, 5.74) is 0.140. The first-order valence-electron chi connectivity index (χ1n) is 3.40. The lowest BCUT2D eigenvalue weighted by molar-refractivity contribution is -0.136. The molecule has 0 unspecified atom stereocenters. The van der Waals surface area contributed by atoms with Crippen LogP contribution in [0.25, 0.3) is 0 Å². The number of carboxylic acid groups (broad SMARTS) is 1. The average Bonchev–Trinajstić information content (AvgIpc) is 2.05. The maximum atomic E-state index is 10.4. The van der Waals surface area contributed by atoms with Crippen LogP contribution in [0.4, 0.5) is 0 Å². The quantitative estimate of drug-likeness (QED) is 0.805. The van der Waals surface area contributed by atoms with E-state index < -0.39 is 5.97 Å². The summed E-state index contributed by atoms with van der Waals surface area (Å²) in [7, 11) is 0. The molecule has 0 bridgehead atoms. The average molecular weight is 221 g/mol. The van der Waals surface area contributed by atoms with Crippen LogP contribution in [0.15, 0.2) is 12.1 Å². The van der Waals surface area contributed by atoms with Crippen molar-refractivity contribution in [3.8, 4) is 5.75 Å². The number of aromatic hydroxyl groups is 1. The van der Waals surface area contributed by atoms with Gasteiger partial charge in [0.25, 0.3) is 0 Å². The molecule has 2 N–H and O–H groups in total. The van der Waals surface area contributed by atoms with Gasteiger partial charge in [-0.15, -0.1) is 0 Å². The molecule has 13 heavy (non-hydrogen) atoms. The van der Waals surface area contributed by atoms with E-state index in [1.807, 2.05) is 0 Å². The van der Waals surface area contributed by atoms with Gasteiger partial charge in [0.2, 0.25) is 0 Å². The molecule has 0 aliphatic carbocycles. The lowest BCUT2D eigenvalue weighted by Crippen LogP contribution is -2.01. The molecular formula is C8H6Cl2O3. The molecule has 1 aromatic carbocycles. The highest BCUT2D eigenvalue weighted by Gasteiger charge is 2.12. The summed E-state index contributed by atoms with van der Waals surface area (Å²) in [6.45, 7) is 0. The van der Waals surface area contributed by atoms with Gasteiger partial charge in [-0.25, -0.2) is 0 Å². The van der Waals surface area contributed by atoms with Crippen molar-refractivity contribution in [2.75, 3.05) is 0 Å². The summed E-state index contributed by atoms with van der Waals surface area (Å²) < 4.78 is 0. The number of benzene rings is 1. The molecule has 0 amide bonds. The Morgan fingerprint density at radius 2 is 2.00 bits per heavy atom. The summed E-state index contributed by atoms with van der Waals surface area (Å²) >= 11 is 11.3. The van der Waals surface area contributed by atoms with Crippen molar-refractivity contribution >= 4 is 29.2 Å². The first-order chi connectivity index (χ1) is 6.02. The number of hydrogen-bond donors (Lipinski definition) is 2. The minimum atomic E-state index is -1.07. The molecule has 0 heterocycles. The van der Waals surface area contributed by atoms with Gasteiger partial charge in [0.05, 0.1) is 16.5 Å².